The van der Waals surface area contributed by atoms with E-state index in [4.69, 9.17) is 14.5 Å². The summed E-state index contributed by atoms with van der Waals surface area (Å²) in [5, 5.41) is 0.652. The first-order chi connectivity index (χ1) is 17.8. The molecule has 5 rings (SSSR count). The van der Waals surface area contributed by atoms with E-state index < -0.39 is 15.9 Å². The molecule has 198 valence electrons. The summed E-state index contributed by atoms with van der Waals surface area (Å²) in [7, 11) is -2.19. The van der Waals surface area contributed by atoms with Gasteiger partial charge in [0.25, 0.3) is 0 Å². The molecule has 0 saturated carbocycles. The fraction of sp³-hybridized carbons (Fsp3) is 0.481. The second-order valence-electron chi connectivity index (χ2n) is 9.81. The van der Waals surface area contributed by atoms with Gasteiger partial charge in [-0.2, -0.15) is 4.31 Å². The fourth-order valence-electron chi connectivity index (χ4n) is 5.06. The van der Waals surface area contributed by atoms with Gasteiger partial charge in [-0.15, -0.1) is 0 Å². The third-order valence-corrected chi connectivity index (χ3v) is 10.3. The summed E-state index contributed by atoms with van der Waals surface area (Å²) in [5.74, 6) is 0.0632. The fourth-order valence-corrected chi connectivity index (χ4v) is 7.63. The monoisotopic (exact) mass is 543 g/mol. The zero-order valence-corrected chi connectivity index (χ0v) is 23.1. The van der Waals surface area contributed by atoms with E-state index in [0.717, 1.165) is 34.2 Å². The minimum atomic E-state index is -3.73. The Morgan fingerprint density at radius 1 is 1.16 bits per heavy atom. The van der Waals surface area contributed by atoms with Gasteiger partial charge in [0.1, 0.15) is 5.75 Å². The van der Waals surface area contributed by atoms with Crippen LogP contribution in [0.15, 0.2) is 41.3 Å². The van der Waals surface area contributed by atoms with Gasteiger partial charge in [-0.3, -0.25) is 9.69 Å². The lowest BCUT2D eigenvalue weighted by molar-refractivity contribution is -0.123. The number of rotatable bonds is 7. The molecule has 2 aliphatic heterocycles. The molecule has 0 aliphatic carbocycles. The summed E-state index contributed by atoms with van der Waals surface area (Å²) in [6.07, 6.45) is 3.09. The summed E-state index contributed by atoms with van der Waals surface area (Å²) >= 11 is 1.51. The van der Waals surface area contributed by atoms with Gasteiger partial charge in [-0.25, -0.2) is 13.4 Å². The van der Waals surface area contributed by atoms with Crippen molar-refractivity contribution in [2.45, 2.75) is 50.5 Å². The van der Waals surface area contributed by atoms with Crippen LogP contribution in [0.2, 0.25) is 0 Å². The van der Waals surface area contributed by atoms with Gasteiger partial charge in [0.05, 0.1) is 40.8 Å². The molecular formula is C27H33N3O5S2. The van der Waals surface area contributed by atoms with Gasteiger partial charge in [0, 0.05) is 19.7 Å². The number of hydrogen-bond acceptors (Lipinski definition) is 7. The van der Waals surface area contributed by atoms with Crippen molar-refractivity contribution in [3.05, 3.63) is 47.5 Å². The van der Waals surface area contributed by atoms with Crippen molar-refractivity contribution in [2.75, 3.05) is 38.3 Å². The van der Waals surface area contributed by atoms with Crippen molar-refractivity contribution in [3.63, 3.8) is 0 Å². The highest BCUT2D eigenvalue weighted by molar-refractivity contribution is 7.89. The molecule has 37 heavy (non-hydrogen) atoms. The number of carbonyl (C=O) groups excluding carboxylic acids is 1. The van der Waals surface area contributed by atoms with Crippen molar-refractivity contribution >= 4 is 42.6 Å². The topological polar surface area (TPSA) is 89.0 Å². The van der Waals surface area contributed by atoms with E-state index in [1.807, 2.05) is 0 Å². The van der Waals surface area contributed by atoms with E-state index in [2.05, 4.69) is 26.0 Å². The van der Waals surface area contributed by atoms with Gasteiger partial charge in [-0.1, -0.05) is 17.4 Å². The highest BCUT2D eigenvalue weighted by Gasteiger charge is 2.37. The molecule has 0 N–H and O–H groups in total. The normalized spacial score (nSPS) is 20.8. The van der Waals surface area contributed by atoms with Crippen LogP contribution in [-0.2, 0) is 19.6 Å². The minimum Gasteiger partial charge on any atom is -0.497 e. The Hall–Kier alpha value is -2.53. The Morgan fingerprint density at radius 2 is 1.95 bits per heavy atom. The smallest absolute Gasteiger partial charge is 0.243 e. The molecule has 2 saturated heterocycles. The van der Waals surface area contributed by atoms with Crippen LogP contribution in [0.1, 0.15) is 36.8 Å². The van der Waals surface area contributed by atoms with Crippen LogP contribution in [0.3, 0.4) is 0 Å². The molecule has 2 unspecified atom stereocenters. The van der Waals surface area contributed by atoms with Gasteiger partial charge in [0.2, 0.25) is 15.9 Å². The van der Waals surface area contributed by atoms with Crippen LogP contribution in [0, 0.1) is 19.8 Å². The summed E-state index contributed by atoms with van der Waals surface area (Å²) in [4.78, 5) is 20.9. The molecule has 8 nitrogen and oxygen atoms in total. The predicted octanol–water partition coefficient (Wildman–Crippen LogP) is 4.53. The number of benzene rings is 2. The number of aromatic nitrogens is 1. The molecule has 3 heterocycles. The molecule has 0 bridgehead atoms. The van der Waals surface area contributed by atoms with Gasteiger partial charge in [0.15, 0.2) is 5.13 Å². The second kappa shape index (κ2) is 10.7. The molecule has 2 fully saturated rings. The molecule has 10 heteroatoms. The van der Waals surface area contributed by atoms with Crippen LogP contribution >= 0.6 is 11.3 Å². The van der Waals surface area contributed by atoms with Crippen LogP contribution in [0.5, 0.6) is 5.75 Å². The van der Waals surface area contributed by atoms with E-state index in [0.29, 0.717) is 43.4 Å². The summed E-state index contributed by atoms with van der Waals surface area (Å²) in [6, 6.07) is 10.5. The molecule has 3 aromatic rings. The lowest BCUT2D eigenvalue weighted by Gasteiger charge is -2.34. The van der Waals surface area contributed by atoms with Crippen molar-refractivity contribution in [3.8, 4) is 5.75 Å². The van der Waals surface area contributed by atoms with Crippen molar-refractivity contribution < 1.29 is 22.7 Å². The number of hydrogen-bond donors (Lipinski definition) is 0. The van der Waals surface area contributed by atoms with Crippen LogP contribution in [0.25, 0.3) is 10.2 Å². The number of nitrogens with zero attached hydrogens (tertiary/aromatic N) is 3. The SMILES string of the molecule is COc1ccc(S(=O)(=O)N2CCCC(C(=O)N(CC3CCCO3)c3nc4c(C)c(C)ccc4s3)C2)cc1. The van der Waals surface area contributed by atoms with Crippen molar-refractivity contribution in [2.24, 2.45) is 5.92 Å². The highest BCUT2D eigenvalue weighted by Crippen LogP contribution is 2.35. The number of piperidine rings is 1. The Labute approximate surface area is 222 Å². The Bertz CT molecular complexity index is 1380. The molecule has 1 aromatic heterocycles. The quantitative estimate of drug-likeness (QED) is 0.435. The maximum absolute atomic E-state index is 14.0. The number of fused-ring (bicyclic) bond motifs is 1. The molecule has 0 spiro atoms. The average Bonchev–Trinajstić information content (AvgIpc) is 3.59. The number of methoxy groups -OCH3 is 1. The largest absolute Gasteiger partial charge is 0.497 e. The van der Waals surface area contributed by atoms with Gasteiger partial charge >= 0.3 is 0 Å². The Morgan fingerprint density at radius 3 is 2.65 bits per heavy atom. The number of ether oxygens (including phenoxy) is 2. The zero-order valence-electron chi connectivity index (χ0n) is 21.5. The van der Waals surface area contributed by atoms with E-state index in [9.17, 15) is 13.2 Å². The maximum atomic E-state index is 14.0. The molecule has 2 atom stereocenters. The Kier molecular flexibility index (Phi) is 7.53. The van der Waals surface area contributed by atoms with Crippen LogP contribution in [-0.4, -0.2) is 63.1 Å². The summed E-state index contributed by atoms with van der Waals surface area (Å²) < 4.78 is 40.3. The third-order valence-electron chi connectivity index (χ3n) is 7.41. The first-order valence-corrected chi connectivity index (χ1v) is 15.0. The first kappa shape index (κ1) is 26.1. The molecule has 0 radical (unpaired) electrons. The van der Waals surface area contributed by atoms with E-state index >= 15 is 0 Å². The molecule has 2 aliphatic rings. The van der Waals surface area contributed by atoms with E-state index in [-0.39, 0.29) is 23.5 Å². The number of sulfonamides is 1. The third kappa shape index (κ3) is 5.25. The standard InChI is InChI=1S/C27H33N3O5S2/c1-18-8-13-24-25(19(18)2)28-27(36-24)30(17-22-7-5-15-35-22)26(31)20-6-4-14-29(16-20)37(32,33)23-11-9-21(34-3)10-12-23/h8-13,20,22H,4-7,14-17H2,1-3H3. The number of carbonyl (C=O) groups is 1. The summed E-state index contributed by atoms with van der Waals surface area (Å²) in [6.45, 7) is 5.78. The van der Waals surface area contributed by atoms with Gasteiger partial charge < -0.3 is 9.47 Å². The number of aryl methyl sites for hydroxylation is 2. The molecule has 2 aromatic carbocycles. The number of anilines is 1. The maximum Gasteiger partial charge on any atom is 0.243 e. The predicted molar refractivity (Wildman–Crippen MR) is 145 cm³/mol. The summed E-state index contributed by atoms with van der Waals surface area (Å²) in [5.41, 5.74) is 3.18. The zero-order chi connectivity index (χ0) is 26.2. The lowest BCUT2D eigenvalue weighted by atomic mass is 9.98. The first-order valence-electron chi connectivity index (χ1n) is 12.7. The highest BCUT2D eigenvalue weighted by atomic mass is 32.2. The van der Waals surface area contributed by atoms with Crippen LogP contribution < -0.4 is 9.64 Å². The lowest BCUT2D eigenvalue weighted by Crippen LogP contribution is -2.48. The second-order valence-corrected chi connectivity index (χ2v) is 12.8. The Balaban J connectivity index is 1.42. The van der Waals surface area contributed by atoms with Crippen molar-refractivity contribution in [1.29, 1.82) is 0 Å². The molecular weight excluding hydrogens is 510 g/mol. The van der Waals surface area contributed by atoms with E-state index in [1.54, 1.807) is 36.3 Å². The minimum absolute atomic E-state index is 0.0403. The number of amides is 1. The van der Waals surface area contributed by atoms with Gasteiger partial charge in [-0.05, 0) is 81.0 Å². The van der Waals surface area contributed by atoms with Crippen molar-refractivity contribution in [1.82, 2.24) is 9.29 Å². The van der Waals surface area contributed by atoms with Crippen LogP contribution in [0.4, 0.5) is 5.13 Å². The van der Waals surface area contributed by atoms with E-state index in [1.165, 1.54) is 15.6 Å². The molecule has 1 amide bonds. The average molecular weight is 544 g/mol. The number of thiazole rings is 1.